The third kappa shape index (κ3) is 2.36. The first kappa shape index (κ1) is 11.8. The molecule has 1 N–H and O–H groups in total. The first-order chi connectivity index (χ1) is 7.77. The van der Waals surface area contributed by atoms with Gasteiger partial charge in [0.1, 0.15) is 5.78 Å². The van der Waals surface area contributed by atoms with Crippen LogP contribution in [0.15, 0.2) is 16.8 Å². The summed E-state index contributed by atoms with van der Waals surface area (Å²) in [4.78, 5) is 12.4. The van der Waals surface area contributed by atoms with Gasteiger partial charge in [-0.1, -0.05) is 6.92 Å². The summed E-state index contributed by atoms with van der Waals surface area (Å²) in [5, 5.41) is 7.49. The number of hydrogen-bond acceptors (Lipinski definition) is 3. The van der Waals surface area contributed by atoms with Gasteiger partial charge in [-0.2, -0.15) is 11.3 Å². The Balaban J connectivity index is 2.06. The Bertz CT molecular complexity index is 339. The number of thiophene rings is 1. The molecule has 3 heteroatoms. The highest BCUT2D eigenvalue weighted by atomic mass is 32.1. The van der Waals surface area contributed by atoms with Crippen LogP contribution in [-0.4, -0.2) is 18.9 Å². The second kappa shape index (κ2) is 5.11. The SMILES string of the molecule is CCC1(C(=O)Cc2ccsc2)CCCNC1. The van der Waals surface area contributed by atoms with Gasteiger partial charge < -0.3 is 5.32 Å². The summed E-state index contributed by atoms with van der Waals surface area (Å²) in [5.41, 5.74) is 1.08. The molecule has 88 valence electrons. The van der Waals surface area contributed by atoms with Gasteiger partial charge in [0.2, 0.25) is 0 Å². The maximum atomic E-state index is 12.4. The summed E-state index contributed by atoms with van der Waals surface area (Å²) in [6.07, 6.45) is 3.75. The van der Waals surface area contributed by atoms with E-state index in [1.54, 1.807) is 11.3 Å². The lowest BCUT2D eigenvalue weighted by Crippen LogP contribution is -2.45. The lowest BCUT2D eigenvalue weighted by atomic mass is 9.73. The molecule has 0 radical (unpaired) electrons. The fourth-order valence-electron chi connectivity index (χ4n) is 2.47. The number of carbonyl (C=O) groups is 1. The molecule has 1 fully saturated rings. The molecule has 16 heavy (non-hydrogen) atoms. The molecule has 1 unspecified atom stereocenters. The molecule has 1 saturated heterocycles. The molecule has 1 atom stereocenters. The van der Waals surface area contributed by atoms with Gasteiger partial charge in [-0.25, -0.2) is 0 Å². The quantitative estimate of drug-likeness (QED) is 0.872. The lowest BCUT2D eigenvalue weighted by molar-refractivity contribution is -0.129. The summed E-state index contributed by atoms with van der Waals surface area (Å²) in [5.74, 6) is 0.417. The minimum Gasteiger partial charge on any atom is -0.316 e. The third-order valence-corrected chi connectivity index (χ3v) is 4.42. The Morgan fingerprint density at radius 2 is 2.50 bits per heavy atom. The van der Waals surface area contributed by atoms with Crippen LogP contribution in [-0.2, 0) is 11.2 Å². The van der Waals surface area contributed by atoms with Crippen LogP contribution in [0.1, 0.15) is 31.7 Å². The van der Waals surface area contributed by atoms with Crippen LogP contribution in [0.25, 0.3) is 0 Å². The number of nitrogens with one attached hydrogen (secondary N) is 1. The van der Waals surface area contributed by atoms with Crippen molar-refractivity contribution < 1.29 is 4.79 Å². The molecule has 0 bridgehead atoms. The van der Waals surface area contributed by atoms with E-state index < -0.39 is 0 Å². The van der Waals surface area contributed by atoms with Crippen molar-refractivity contribution in [1.82, 2.24) is 5.32 Å². The van der Waals surface area contributed by atoms with Crippen molar-refractivity contribution in [2.75, 3.05) is 13.1 Å². The van der Waals surface area contributed by atoms with Crippen LogP contribution in [0.3, 0.4) is 0 Å². The molecule has 0 spiro atoms. The van der Waals surface area contributed by atoms with E-state index in [1.165, 1.54) is 5.56 Å². The first-order valence-electron chi connectivity index (χ1n) is 6.02. The number of piperidine rings is 1. The predicted molar refractivity (Wildman–Crippen MR) is 67.9 cm³/mol. The second-order valence-electron chi connectivity index (χ2n) is 4.65. The molecule has 0 saturated carbocycles. The van der Waals surface area contributed by atoms with E-state index in [0.29, 0.717) is 12.2 Å². The van der Waals surface area contributed by atoms with Gasteiger partial charge >= 0.3 is 0 Å². The van der Waals surface area contributed by atoms with Crippen LogP contribution in [0.5, 0.6) is 0 Å². The molecule has 2 rings (SSSR count). The van der Waals surface area contributed by atoms with Crippen molar-refractivity contribution in [2.24, 2.45) is 5.41 Å². The van der Waals surface area contributed by atoms with Gasteiger partial charge in [0.15, 0.2) is 0 Å². The van der Waals surface area contributed by atoms with Gasteiger partial charge in [0.25, 0.3) is 0 Å². The smallest absolute Gasteiger partial charge is 0.144 e. The Morgan fingerprint density at radius 3 is 3.06 bits per heavy atom. The number of rotatable bonds is 4. The number of carbonyl (C=O) groups excluding carboxylic acids is 1. The fraction of sp³-hybridized carbons (Fsp3) is 0.615. The van der Waals surface area contributed by atoms with E-state index in [9.17, 15) is 4.79 Å². The highest BCUT2D eigenvalue weighted by Gasteiger charge is 2.37. The van der Waals surface area contributed by atoms with Gasteiger partial charge in [-0.05, 0) is 48.2 Å². The molecule has 1 aliphatic heterocycles. The zero-order chi connectivity index (χ0) is 11.4. The Labute approximate surface area is 101 Å². The maximum Gasteiger partial charge on any atom is 0.144 e. The van der Waals surface area contributed by atoms with Gasteiger partial charge in [0.05, 0.1) is 0 Å². The van der Waals surface area contributed by atoms with Crippen molar-refractivity contribution in [3.8, 4) is 0 Å². The maximum absolute atomic E-state index is 12.4. The summed E-state index contributed by atoms with van der Waals surface area (Å²) >= 11 is 1.67. The molecular weight excluding hydrogens is 218 g/mol. The molecule has 0 aliphatic carbocycles. The summed E-state index contributed by atoms with van der Waals surface area (Å²) < 4.78 is 0. The minimum atomic E-state index is -0.0970. The molecular formula is C13H19NOS. The van der Waals surface area contributed by atoms with Gasteiger partial charge in [0, 0.05) is 18.4 Å². The molecule has 2 heterocycles. The number of hydrogen-bond donors (Lipinski definition) is 1. The highest BCUT2D eigenvalue weighted by molar-refractivity contribution is 7.08. The van der Waals surface area contributed by atoms with Gasteiger partial charge in [-0.15, -0.1) is 0 Å². The number of ketones is 1. The topological polar surface area (TPSA) is 29.1 Å². The first-order valence-corrected chi connectivity index (χ1v) is 6.96. The number of Topliss-reactive ketones (excluding diaryl/α,β-unsaturated/α-hetero) is 1. The normalized spacial score (nSPS) is 25.6. The fourth-order valence-corrected chi connectivity index (χ4v) is 3.14. The van der Waals surface area contributed by atoms with E-state index in [1.807, 2.05) is 5.38 Å². The second-order valence-corrected chi connectivity index (χ2v) is 5.43. The van der Waals surface area contributed by atoms with Crippen molar-refractivity contribution in [1.29, 1.82) is 0 Å². The van der Waals surface area contributed by atoms with Gasteiger partial charge in [-0.3, -0.25) is 4.79 Å². The van der Waals surface area contributed by atoms with E-state index in [2.05, 4.69) is 23.7 Å². The summed E-state index contributed by atoms with van der Waals surface area (Å²) in [6.45, 7) is 4.07. The molecule has 0 amide bonds. The van der Waals surface area contributed by atoms with Crippen molar-refractivity contribution in [3.63, 3.8) is 0 Å². The third-order valence-electron chi connectivity index (χ3n) is 3.69. The van der Waals surface area contributed by atoms with Crippen LogP contribution < -0.4 is 5.32 Å². The standard InChI is InChI=1S/C13H19NOS/c1-2-13(5-3-6-14-10-13)12(15)8-11-4-7-16-9-11/h4,7,9,14H,2-3,5-6,8,10H2,1H3. The van der Waals surface area contributed by atoms with Crippen LogP contribution in [0.4, 0.5) is 0 Å². The zero-order valence-corrected chi connectivity index (χ0v) is 10.6. The van der Waals surface area contributed by atoms with Crippen LogP contribution in [0, 0.1) is 5.41 Å². The monoisotopic (exact) mass is 237 g/mol. The van der Waals surface area contributed by atoms with E-state index in [-0.39, 0.29) is 5.41 Å². The average Bonchev–Trinajstić information content (AvgIpc) is 2.82. The minimum absolute atomic E-state index is 0.0970. The molecule has 2 nitrogen and oxygen atoms in total. The molecule has 0 aromatic carbocycles. The Kier molecular flexibility index (Phi) is 3.77. The molecule has 1 aromatic rings. The summed E-state index contributed by atoms with van der Waals surface area (Å²) in [6, 6.07) is 2.06. The van der Waals surface area contributed by atoms with Crippen molar-refractivity contribution in [2.45, 2.75) is 32.6 Å². The average molecular weight is 237 g/mol. The van der Waals surface area contributed by atoms with Crippen molar-refractivity contribution in [3.05, 3.63) is 22.4 Å². The predicted octanol–water partition coefficient (Wildman–Crippen LogP) is 2.64. The zero-order valence-electron chi connectivity index (χ0n) is 9.79. The highest BCUT2D eigenvalue weighted by Crippen LogP contribution is 2.32. The largest absolute Gasteiger partial charge is 0.316 e. The van der Waals surface area contributed by atoms with Crippen molar-refractivity contribution >= 4 is 17.1 Å². The Morgan fingerprint density at radius 1 is 1.62 bits per heavy atom. The lowest BCUT2D eigenvalue weighted by Gasteiger charge is -2.35. The van der Waals surface area contributed by atoms with Crippen LogP contribution in [0.2, 0.25) is 0 Å². The van der Waals surface area contributed by atoms with Crippen LogP contribution >= 0.6 is 11.3 Å². The Hall–Kier alpha value is -0.670. The molecule has 1 aliphatic rings. The van der Waals surface area contributed by atoms with E-state index >= 15 is 0 Å². The van der Waals surface area contributed by atoms with E-state index in [4.69, 9.17) is 0 Å². The summed E-state index contributed by atoms with van der Waals surface area (Å²) in [7, 11) is 0. The van der Waals surface area contributed by atoms with E-state index in [0.717, 1.165) is 32.4 Å². The molecule has 1 aromatic heterocycles.